The number of hydrogen-bond acceptors (Lipinski definition) is 1. The lowest BCUT2D eigenvalue weighted by molar-refractivity contribution is 0.617. The molecule has 19 heavy (non-hydrogen) atoms. The Balaban J connectivity index is 2.26. The van der Waals surface area contributed by atoms with Crippen molar-refractivity contribution in [2.75, 3.05) is 6.16 Å². The van der Waals surface area contributed by atoms with Gasteiger partial charge in [-0.1, -0.05) is 48.5 Å². The van der Waals surface area contributed by atoms with E-state index >= 15 is 0 Å². The summed E-state index contributed by atoms with van der Waals surface area (Å²) < 4.78 is 6.25. The van der Waals surface area contributed by atoms with Crippen LogP contribution in [-0.4, -0.2) is 6.16 Å². The van der Waals surface area contributed by atoms with Crippen molar-refractivity contribution < 1.29 is 4.52 Å². The highest BCUT2D eigenvalue weighted by atomic mass is 31.1. The molecule has 0 radical (unpaired) electrons. The summed E-state index contributed by atoms with van der Waals surface area (Å²) in [5, 5.41) is 1.25. The number of rotatable bonds is 5. The van der Waals surface area contributed by atoms with Crippen LogP contribution < -0.4 is 9.83 Å². The van der Waals surface area contributed by atoms with Crippen molar-refractivity contribution in [2.45, 2.75) is 13.8 Å². The first kappa shape index (κ1) is 13.8. The van der Waals surface area contributed by atoms with Crippen molar-refractivity contribution in [1.29, 1.82) is 0 Å². The Labute approximate surface area is 116 Å². The van der Waals surface area contributed by atoms with E-state index in [2.05, 4.69) is 50.8 Å². The zero-order valence-electron chi connectivity index (χ0n) is 11.5. The molecule has 0 saturated carbocycles. The van der Waals surface area contributed by atoms with E-state index in [1.807, 2.05) is 24.3 Å². The van der Waals surface area contributed by atoms with Gasteiger partial charge in [0.05, 0.1) is 0 Å². The maximum atomic E-state index is 6.25. The largest absolute Gasteiger partial charge is 0.469 e. The van der Waals surface area contributed by atoms with Crippen molar-refractivity contribution in [1.82, 2.24) is 0 Å². The molecule has 2 heteroatoms. The molecule has 0 N–H and O–H groups in total. The summed E-state index contributed by atoms with van der Waals surface area (Å²) in [6.07, 6.45) is 2.80. The van der Waals surface area contributed by atoms with E-state index in [1.54, 1.807) is 0 Å². The van der Waals surface area contributed by atoms with Gasteiger partial charge in [0.25, 0.3) is 0 Å². The number of benzene rings is 2. The molecule has 2 aromatic rings. The first-order chi connectivity index (χ1) is 9.22. The van der Waals surface area contributed by atoms with E-state index in [0.29, 0.717) is 0 Å². The molecule has 0 spiro atoms. The van der Waals surface area contributed by atoms with E-state index in [1.165, 1.54) is 16.4 Å². The molecule has 0 aliphatic rings. The monoisotopic (exact) mass is 270 g/mol. The van der Waals surface area contributed by atoms with Crippen molar-refractivity contribution in [3.8, 4) is 5.75 Å². The predicted molar refractivity (Wildman–Crippen MR) is 84.6 cm³/mol. The van der Waals surface area contributed by atoms with E-state index in [0.717, 1.165) is 11.9 Å². The number of hydrogen-bond donors (Lipinski definition) is 0. The SMILES string of the molecule is C=CCP(Oc1cccc(C)c1C)c1ccccc1. The van der Waals surface area contributed by atoms with Crippen molar-refractivity contribution in [2.24, 2.45) is 0 Å². The van der Waals surface area contributed by atoms with Crippen LogP contribution in [0.4, 0.5) is 0 Å². The van der Waals surface area contributed by atoms with E-state index < -0.39 is 8.15 Å². The molecule has 1 nitrogen and oxygen atoms in total. The van der Waals surface area contributed by atoms with Crippen molar-refractivity contribution in [3.63, 3.8) is 0 Å². The van der Waals surface area contributed by atoms with E-state index in [4.69, 9.17) is 4.52 Å². The molecule has 0 aliphatic carbocycles. The molecule has 0 bridgehead atoms. The second-order valence-electron chi connectivity index (χ2n) is 4.47. The lowest BCUT2D eigenvalue weighted by atomic mass is 10.1. The fraction of sp³-hybridized carbons (Fsp3) is 0.176. The Morgan fingerprint density at radius 2 is 1.79 bits per heavy atom. The van der Waals surface area contributed by atoms with Gasteiger partial charge in [-0.3, -0.25) is 0 Å². The molecule has 98 valence electrons. The van der Waals surface area contributed by atoms with Gasteiger partial charge >= 0.3 is 0 Å². The van der Waals surface area contributed by atoms with Gasteiger partial charge in [-0.25, -0.2) is 0 Å². The highest BCUT2D eigenvalue weighted by molar-refractivity contribution is 7.61. The zero-order chi connectivity index (χ0) is 13.7. The molecule has 0 saturated heterocycles. The van der Waals surface area contributed by atoms with Crippen LogP contribution in [0, 0.1) is 13.8 Å². The average molecular weight is 270 g/mol. The molecule has 1 unspecified atom stereocenters. The van der Waals surface area contributed by atoms with Gasteiger partial charge in [0.1, 0.15) is 13.9 Å². The van der Waals surface area contributed by atoms with Crippen LogP contribution in [0.3, 0.4) is 0 Å². The van der Waals surface area contributed by atoms with Crippen LogP contribution in [0.1, 0.15) is 11.1 Å². The van der Waals surface area contributed by atoms with Gasteiger partial charge in [-0.05, 0) is 31.0 Å². The predicted octanol–water partition coefficient (Wildman–Crippen LogP) is 4.59. The molecule has 0 fully saturated rings. The Hall–Kier alpha value is -1.59. The summed E-state index contributed by atoms with van der Waals surface area (Å²) >= 11 is 0. The maximum Gasteiger partial charge on any atom is 0.126 e. The summed E-state index contributed by atoms with van der Waals surface area (Å²) in [6.45, 7) is 8.06. The minimum Gasteiger partial charge on any atom is -0.469 e. The fourth-order valence-electron chi connectivity index (χ4n) is 1.85. The van der Waals surface area contributed by atoms with Gasteiger partial charge in [0.2, 0.25) is 0 Å². The Kier molecular flexibility index (Phi) is 4.76. The first-order valence-corrected chi connectivity index (χ1v) is 7.84. The van der Waals surface area contributed by atoms with Gasteiger partial charge < -0.3 is 4.52 Å². The molecular formula is C17H19OP. The molecule has 0 heterocycles. The van der Waals surface area contributed by atoms with Crippen molar-refractivity contribution >= 4 is 13.5 Å². The Morgan fingerprint density at radius 1 is 1.05 bits per heavy atom. The summed E-state index contributed by atoms with van der Waals surface area (Å²) in [5.74, 6) is 0.983. The molecule has 2 aromatic carbocycles. The van der Waals surface area contributed by atoms with Crippen LogP contribution in [-0.2, 0) is 0 Å². The molecule has 0 aliphatic heterocycles. The standard InChI is InChI=1S/C17H19OP/c1-4-13-19(16-10-6-5-7-11-16)18-17-12-8-9-14(2)15(17)3/h4-12H,1,13H2,2-3H3. The molecular weight excluding hydrogens is 251 g/mol. The lowest BCUT2D eigenvalue weighted by Crippen LogP contribution is -2.07. The van der Waals surface area contributed by atoms with Crippen molar-refractivity contribution in [3.05, 3.63) is 72.3 Å². The molecule has 2 rings (SSSR count). The molecule has 0 amide bonds. The quantitative estimate of drug-likeness (QED) is 0.570. The average Bonchev–Trinajstić information content (AvgIpc) is 2.44. The summed E-state index contributed by atoms with van der Waals surface area (Å²) in [7, 11) is -0.679. The second kappa shape index (κ2) is 6.54. The van der Waals surface area contributed by atoms with Crippen LogP contribution in [0.15, 0.2) is 61.2 Å². The number of aryl methyl sites for hydroxylation is 1. The third kappa shape index (κ3) is 3.45. The minimum absolute atomic E-state index is 0.679. The van der Waals surface area contributed by atoms with Gasteiger partial charge in [0, 0.05) is 11.5 Å². The lowest BCUT2D eigenvalue weighted by Gasteiger charge is -2.19. The summed E-state index contributed by atoms with van der Waals surface area (Å²) in [6, 6.07) is 16.6. The summed E-state index contributed by atoms with van der Waals surface area (Å²) in [4.78, 5) is 0. The van der Waals surface area contributed by atoms with E-state index in [-0.39, 0.29) is 0 Å². The van der Waals surface area contributed by atoms with Crippen LogP contribution in [0.25, 0.3) is 0 Å². The Morgan fingerprint density at radius 3 is 2.47 bits per heavy atom. The third-order valence-electron chi connectivity index (χ3n) is 3.10. The minimum atomic E-state index is -0.679. The van der Waals surface area contributed by atoms with Gasteiger partial charge in [-0.15, -0.1) is 6.58 Å². The topological polar surface area (TPSA) is 9.23 Å². The second-order valence-corrected chi connectivity index (χ2v) is 6.30. The van der Waals surface area contributed by atoms with Crippen LogP contribution in [0.5, 0.6) is 5.75 Å². The number of allylic oxidation sites excluding steroid dienone is 1. The van der Waals surface area contributed by atoms with Gasteiger partial charge in [0.15, 0.2) is 0 Å². The maximum absolute atomic E-state index is 6.25. The highest BCUT2D eigenvalue weighted by Crippen LogP contribution is 2.39. The van der Waals surface area contributed by atoms with E-state index in [9.17, 15) is 0 Å². The normalized spacial score (nSPS) is 11.9. The molecule has 0 aromatic heterocycles. The zero-order valence-corrected chi connectivity index (χ0v) is 12.4. The highest BCUT2D eigenvalue weighted by Gasteiger charge is 2.13. The fourth-order valence-corrected chi connectivity index (χ4v) is 3.41. The smallest absolute Gasteiger partial charge is 0.126 e. The van der Waals surface area contributed by atoms with Crippen LogP contribution >= 0.6 is 8.15 Å². The summed E-state index contributed by atoms with van der Waals surface area (Å²) in [5.41, 5.74) is 2.48. The Bertz CT molecular complexity index is 548. The first-order valence-electron chi connectivity index (χ1n) is 6.40. The van der Waals surface area contributed by atoms with Gasteiger partial charge in [-0.2, -0.15) is 0 Å². The molecule has 1 atom stereocenters. The van der Waals surface area contributed by atoms with Crippen LogP contribution in [0.2, 0.25) is 0 Å². The third-order valence-corrected chi connectivity index (χ3v) is 4.98.